The average Bonchev–Trinajstić information content (AvgIpc) is 3.11. The van der Waals surface area contributed by atoms with Gasteiger partial charge >= 0.3 is 0 Å². The van der Waals surface area contributed by atoms with E-state index in [0.717, 1.165) is 18.3 Å². The van der Waals surface area contributed by atoms with Crippen LogP contribution >= 0.6 is 0 Å². The zero-order chi connectivity index (χ0) is 13.1. The van der Waals surface area contributed by atoms with Crippen molar-refractivity contribution in [3.05, 3.63) is 29.8 Å². The van der Waals surface area contributed by atoms with Crippen LogP contribution in [0.1, 0.15) is 38.3 Å². The first-order valence-corrected chi connectivity index (χ1v) is 6.97. The number of hydrogen-bond acceptors (Lipinski definition) is 2. The highest BCUT2D eigenvalue weighted by atomic mass is 16.5. The third kappa shape index (κ3) is 3.49. The lowest BCUT2D eigenvalue weighted by molar-refractivity contribution is 0.235. The molecule has 0 aromatic heterocycles. The standard InChI is InChI=1S/C16H25NO/c1-12(2)16(17(3)4)14-7-9-15(10-8-14)18-11-13-5-6-13/h7-10,12-13,16H,5-6,11H2,1-4H3/t16-/m1/s1. The molecule has 1 aliphatic rings. The van der Waals surface area contributed by atoms with Gasteiger partial charge < -0.3 is 9.64 Å². The molecule has 0 aliphatic heterocycles. The van der Waals surface area contributed by atoms with E-state index in [0.29, 0.717) is 12.0 Å². The van der Waals surface area contributed by atoms with E-state index in [1.807, 2.05) is 0 Å². The minimum absolute atomic E-state index is 0.475. The Labute approximate surface area is 111 Å². The summed E-state index contributed by atoms with van der Waals surface area (Å²) in [6.07, 6.45) is 2.68. The third-order valence-corrected chi connectivity index (χ3v) is 3.59. The van der Waals surface area contributed by atoms with Crippen LogP contribution in [0.5, 0.6) is 5.75 Å². The maximum absolute atomic E-state index is 5.77. The summed E-state index contributed by atoms with van der Waals surface area (Å²) in [5.41, 5.74) is 1.37. The average molecular weight is 247 g/mol. The molecular formula is C16H25NO. The zero-order valence-corrected chi connectivity index (χ0v) is 12.0. The predicted molar refractivity (Wildman–Crippen MR) is 75.9 cm³/mol. The van der Waals surface area contributed by atoms with Crippen LogP contribution in [0.2, 0.25) is 0 Å². The molecule has 0 saturated heterocycles. The SMILES string of the molecule is CC(C)[C@H](c1ccc(OCC2CC2)cc1)N(C)C. The van der Waals surface area contributed by atoms with E-state index in [9.17, 15) is 0 Å². The van der Waals surface area contributed by atoms with Gasteiger partial charge in [-0.05, 0) is 56.5 Å². The van der Waals surface area contributed by atoms with Crippen LogP contribution in [0.4, 0.5) is 0 Å². The van der Waals surface area contributed by atoms with E-state index < -0.39 is 0 Å². The minimum Gasteiger partial charge on any atom is -0.493 e. The van der Waals surface area contributed by atoms with Crippen molar-refractivity contribution in [1.82, 2.24) is 4.90 Å². The second kappa shape index (κ2) is 5.75. The fraction of sp³-hybridized carbons (Fsp3) is 0.625. The van der Waals surface area contributed by atoms with Gasteiger partial charge in [0.1, 0.15) is 5.75 Å². The number of nitrogens with zero attached hydrogens (tertiary/aromatic N) is 1. The molecular weight excluding hydrogens is 222 g/mol. The van der Waals surface area contributed by atoms with E-state index in [1.165, 1.54) is 18.4 Å². The van der Waals surface area contributed by atoms with Gasteiger partial charge in [-0.15, -0.1) is 0 Å². The highest BCUT2D eigenvalue weighted by molar-refractivity contribution is 5.29. The largest absolute Gasteiger partial charge is 0.493 e. The summed E-state index contributed by atoms with van der Waals surface area (Å²) in [5.74, 6) is 2.43. The van der Waals surface area contributed by atoms with Crippen LogP contribution in [-0.4, -0.2) is 25.6 Å². The fourth-order valence-corrected chi connectivity index (χ4v) is 2.54. The number of ether oxygens (including phenoxy) is 1. The van der Waals surface area contributed by atoms with E-state index >= 15 is 0 Å². The van der Waals surface area contributed by atoms with Crippen molar-refractivity contribution in [1.29, 1.82) is 0 Å². The van der Waals surface area contributed by atoms with E-state index in [1.54, 1.807) is 0 Å². The summed E-state index contributed by atoms with van der Waals surface area (Å²) in [6.45, 7) is 5.42. The minimum atomic E-state index is 0.475. The lowest BCUT2D eigenvalue weighted by Crippen LogP contribution is -2.24. The van der Waals surface area contributed by atoms with Crippen molar-refractivity contribution in [3.8, 4) is 5.75 Å². The Kier molecular flexibility index (Phi) is 4.28. The van der Waals surface area contributed by atoms with Crippen molar-refractivity contribution in [2.24, 2.45) is 11.8 Å². The first-order chi connectivity index (χ1) is 8.58. The monoisotopic (exact) mass is 247 g/mol. The molecule has 18 heavy (non-hydrogen) atoms. The van der Waals surface area contributed by atoms with Gasteiger partial charge in [-0.25, -0.2) is 0 Å². The Balaban J connectivity index is 2.00. The predicted octanol–water partition coefficient (Wildman–Crippen LogP) is 3.73. The van der Waals surface area contributed by atoms with E-state index in [-0.39, 0.29) is 0 Å². The van der Waals surface area contributed by atoms with Gasteiger partial charge in [0.05, 0.1) is 6.61 Å². The highest BCUT2D eigenvalue weighted by Gasteiger charge is 2.22. The van der Waals surface area contributed by atoms with Crippen molar-refractivity contribution < 1.29 is 4.74 Å². The zero-order valence-electron chi connectivity index (χ0n) is 12.0. The first kappa shape index (κ1) is 13.4. The third-order valence-electron chi connectivity index (χ3n) is 3.59. The normalized spacial score (nSPS) is 17.2. The van der Waals surface area contributed by atoms with Crippen LogP contribution in [0.15, 0.2) is 24.3 Å². The second-order valence-electron chi connectivity index (χ2n) is 5.98. The van der Waals surface area contributed by atoms with E-state index in [2.05, 4.69) is 57.1 Å². The van der Waals surface area contributed by atoms with Crippen LogP contribution < -0.4 is 4.74 Å². The summed E-state index contributed by atoms with van der Waals surface area (Å²) in [5, 5.41) is 0. The summed E-state index contributed by atoms with van der Waals surface area (Å²) < 4.78 is 5.77. The molecule has 100 valence electrons. The van der Waals surface area contributed by atoms with Gasteiger partial charge in [0.15, 0.2) is 0 Å². The lowest BCUT2D eigenvalue weighted by atomic mass is 9.95. The van der Waals surface area contributed by atoms with E-state index in [4.69, 9.17) is 4.74 Å². The molecule has 1 aromatic rings. The topological polar surface area (TPSA) is 12.5 Å². The van der Waals surface area contributed by atoms with Crippen LogP contribution in [0, 0.1) is 11.8 Å². The van der Waals surface area contributed by atoms with Gasteiger partial charge in [0.25, 0.3) is 0 Å². The molecule has 1 fully saturated rings. The number of rotatable bonds is 6. The Bertz CT molecular complexity index is 357. The summed E-state index contributed by atoms with van der Waals surface area (Å²) in [4.78, 5) is 2.28. The molecule has 2 nitrogen and oxygen atoms in total. The molecule has 0 radical (unpaired) electrons. The van der Waals surface area contributed by atoms with Crippen LogP contribution in [0.25, 0.3) is 0 Å². The lowest BCUT2D eigenvalue weighted by Gasteiger charge is -2.28. The molecule has 1 aromatic carbocycles. The molecule has 0 amide bonds. The molecule has 0 spiro atoms. The maximum atomic E-state index is 5.77. The van der Waals surface area contributed by atoms with Crippen LogP contribution in [0.3, 0.4) is 0 Å². The Morgan fingerprint density at radius 3 is 2.22 bits per heavy atom. The summed E-state index contributed by atoms with van der Waals surface area (Å²) >= 11 is 0. The maximum Gasteiger partial charge on any atom is 0.119 e. The van der Waals surface area contributed by atoms with Gasteiger partial charge in [-0.3, -0.25) is 0 Å². The smallest absolute Gasteiger partial charge is 0.119 e. The van der Waals surface area contributed by atoms with Crippen molar-refractivity contribution in [2.75, 3.05) is 20.7 Å². The Morgan fingerprint density at radius 1 is 1.17 bits per heavy atom. The first-order valence-electron chi connectivity index (χ1n) is 6.97. The Hall–Kier alpha value is -1.02. The molecule has 0 heterocycles. The van der Waals surface area contributed by atoms with Crippen molar-refractivity contribution in [3.63, 3.8) is 0 Å². The molecule has 1 aliphatic carbocycles. The summed E-state index contributed by atoms with van der Waals surface area (Å²) in [6, 6.07) is 9.09. The number of benzene rings is 1. The molecule has 1 atom stereocenters. The molecule has 0 N–H and O–H groups in total. The quantitative estimate of drug-likeness (QED) is 0.759. The molecule has 0 bridgehead atoms. The number of hydrogen-bond donors (Lipinski definition) is 0. The second-order valence-corrected chi connectivity index (χ2v) is 5.98. The van der Waals surface area contributed by atoms with Crippen molar-refractivity contribution >= 4 is 0 Å². The molecule has 2 rings (SSSR count). The molecule has 1 saturated carbocycles. The highest BCUT2D eigenvalue weighted by Crippen LogP contribution is 2.31. The van der Waals surface area contributed by atoms with Crippen LogP contribution in [-0.2, 0) is 0 Å². The van der Waals surface area contributed by atoms with Crippen molar-refractivity contribution in [2.45, 2.75) is 32.7 Å². The molecule has 0 unspecified atom stereocenters. The van der Waals surface area contributed by atoms with Gasteiger partial charge in [0, 0.05) is 6.04 Å². The molecule has 2 heteroatoms. The van der Waals surface area contributed by atoms with Gasteiger partial charge in [-0.1, -0.05) is 26.0 Å². The van der Waals surface area contributed by atoms with Gasteiger partial charge in [0.2, 0.25) is 0 Å². The summed E-state index contributed by atoms with van der Waals surface area (Å²) in [7, 11) is 4.28. The fourth-order valence-electron chi connectivity index (χ4n) is 2.54. The Morgan fingerprint density at radius 2 is 1.78 bits per heavy atom. The van der Waals surface area contributed by atoms with Gasteiger partial charge in [-0.2, -0.15) is 0 Å².